The second-order valence-electron chi connectivity index (χ2n) is 4.07. The Morgan fingerprint density at radius 2 is 1.90 bits per heavy atom. The summed E-state index contributed by atoms with van der Waals surface area (Å²) >= 11 is 0. The molecule has 1 amide bonds. The number of carboxylic acid groups (broad SMARTS) is 1. The highest BCUT2D eigenvalue weighted by Gasteiger charge is 2.12. The van der Waals surface area contributed by atoms with Crippen molar-refractivity contribution in [3.05, 3.63) is 24.3 Å². The second-order valence-corrected chi connectivity index (χ2v) is 4.07. The summed E-state index contributed by atoms with van der Waals surface area (Å²) in [6.45, 7) is 0.105. The normalized spacial score (nSPS) is 10.3. The number of hydrogen-bond acceptors (Lipinski definition) is 5. The minimum atomic E-state index is -1.02. The molecule has 7 heteroatoms. The number of benzene rings is 1. The van der Waals surface area contributed by atoms with Gasteiger partial charge >= 0.3 is 5.97 Å². The fraction of sp³-hybridized carbons (Fsp3) is 0.385. The zero-order chi connectivity index (χ0) is 15.0. The van der Waals surface area contributed by atoms with Gasteiger partial charge in [-0.05, 0) is 12.1 Å². The van der Waals surface area contributed by atoms with Crippen LogP contribution in [0, 0.1) is 0 Å². The number of aliphatic carboxylic acids is 1. The molecule has 0 aliphatic carbocycles. The lowest BCUT2D eigenvalue weighted by atomic mass is 10.3. The number of amides is 1. The SMILES string of the molecule is COc1ccccc1OCCN(CC(N)=O)CC(=O)O. The summed E-state index contributed by atoms with van der Waals surface area (Å²) in [7, 11) is 1.53. The zero-order valence-electron chi connectivity index (χ0n) is 11.2. The molecular formula is C13H18N2O5. The van der Waals surface area contributed by atoms with E-state index in [9.17, 15) is 9.59 Å². The van der Waals surface area contributed by atoms with Crippen LogP contribution in [0.15, 0.2) is 24.3 Å². The number of ether oxygens (including phenoxy) is 2. The summed E-state index contributed by atoms with van der Waals surface area (Å²) in [6, 6.07) is 7.12. The molecule has 20 heavy (non-hydrogen) atoms. The van der Waals surface area contributed by atoms with E-state index in [-0.39, 0.29) is 26.2 Å². The maximum Gasteiger partial charge on any atom is 0.317 e. The summed E-state index contributed by atoms with van der Waals surface area (Å²) in [5.41, 5.74) is 5.06. The standard InChI is InChI=1S/C13H18N2O5/c1-19-10-4-2-3-5-11(10)20-7-6-15(8-12(14)16)9-13(17)18/h2-5H,6-9H2,1H3,(H2,14,16)(H,17,18). The molecule has 0 radical (unpaired) electrons. The third kappa shape index (κ3) is 5.57. The minimum Gasteiger partial charge on any atom is -0.493 e. The van der Waals surface area contributed by atoms with Crippen molar-refractivity contribution in [2.75, 3.05) is 33.4 Å². The summed E-state index contributed by atoms with van der Waals surface area (Å²) in [5.74, 6) is -0.455. The van der Waals surface area contributed by atoms with Crippen LogP contribution in [0.1, 0.15) is 0 Å². The number of para-hydroxylation sites is 2. The van der Waals surface area contributed by atoms with E-state index in [2.05, 4.69) is 0 Å². The van der Waals surface area contributed by atoms with E-state index >= 15 is 0 Å². The van der Waals surface area contributed by atoms with Crippen molar-refractivity contribution >= 4 is 11.9 Å². The average Bonchev–Trinajstić information content (AvgIpc) is 2.37. The van der Waals surface area contributed by atoms with Crippen LogP contribution < -0.4 is 15.2 Å². The summed E-state index contributed by atoms with van der Waals surface area (Å²) in [6.07, 6.45) is 0. The maximum absolute atomic E-state index is 10.9. The largest absolute Gasteiger partial charge is 0.493 e. The van der Waals surface area contributed by atoms with E-state index < -0.39 is 11.9 Å². The molecule has 1 aromatic rings. The first-order chi connectivity index (χ1) is 9.52. The van der Waals surface area contributed by atoms with Gasteiger partial charge in [0, 0.05) is 6.54 Å². The Balaban J connectivity index is 2.50. The molecule has 0 saturated heterocycles. The molecule has 1 aromatic carbocycles. The van der Waals surface area contributed by atoms with Crippen LogP contribution in [0.25, 0.3) is 0 Å². The van der Waals surface area contributed by atoms with Gasteiger partial charge in [-0.15, -0.1) is 0 Å². The van der Waals surface area contributed by atoms with Gasteiger partial charge in [-0.1, -0.05) is 12.1 Å². The van der Waals surface area contributed by atoms with Gasteiger partial charge < -0.3 is 20.3 Å². The summed E-state index contributed by atoms with van der Waals surface area (Å²) in [4.78, 5) is 22.9. The highest BCUT2D eigenvalue weighted by Crippen LogP contribution is 2.25. The van der Waals surface area contributed by atoms with Gasteiger partial charge in [-0.25, -0.2) is 0 Å². The van der Waals surface area contributed by atoms with E-state index in [0.717, 1.165) is 0 Å². The van der Waals surface area contributed by atoms with Crippen LogP contribution in [0.2, 0.25) is 0 Å². The van der Waals surface area contributed by atoms with Gasteiger partial charge in [0.2, 0.25) is 5.91 Å². The fourth-order valence-electron chi connectivity index (χ4n) is 1.65. The molecule has 7 nitrogen and oxygen atoms in total. The van der Waals surface area contributed by atoms with E-state index in [1.54, 1.807) is 18.2 Å². The molecule has 0 unspecified atom stereocenters. The molecule has 1 rings (SSSR count). The predicted octanol–water partition coefficient (Wildman–Crippen LogP) is -0.0541. The zero-order valence-corrected chi connectivity index (χ0v) is 11.2. The Labute approximate surface area is 116 Å². The average molecular weight is 282 g/mol. The van der Waals surface area contributed by atoms with Crippen LogP contribution in [0.5, 0.6) is 11.5 Å². The third-order valence-corrected chi connectivity index (χ3v) is 2.47. The van der Waals surface area contributed by atoms with Crippen LogP contribution in [0.4, 0.5) is 0 Å². The number of carboxylic acids is 1. The van der Waals surface area contributed by atoms with E-state index in [4.69, 9.17) is 20.3 Å². The second kappa shape index (κ2) is 8.00. The number of hydrogen-bond donors (Lipinski definition) is 2. The van der Waals surface area contributed by atoms with Crippen LogP contribution in [-0.4, -0.2) is 55.2 Å². The van der Waals surface area contributed by atoms with Crippen molar-refractivity contribution in [2.24, 2.45) is 5.73 Å². The maximum atomic E-state index is 10.9. The minimum absolute atomic E-state index is 0.123. The molecular weight excluding hydrogens is 264 g/mol. The number of nitrogens with two attached hydrogens (primary N) is 1. The Morgan fingerprint density at radius 3 is 2.45 bits per heavy atom. The number of carbonyl (C=O) groups excluding carboxylic acids is 1. The van der Waals surface area contributed by atoms with Crippen molar-refractivity contribution in [3.8, 4) is 11.5 Å². The Bertz CT molecular complexity index is 448. The topological polar surface area (TPSA) is 102 Å². The van der Waals surface area contributed by atoms with Crippen molar-refractivity contribution in [1.29, 1.82) is 0 Å². The molecule has 0 fully saturated rings. The highest BCUT2D eigenvalue weighted by atomic mass is 16.5. The van der Waals surface area contributed by atoms with E-state index in [1.165, 1.54) is 12.0 Å². The van der Waals surface area contributed by atoms with Gasteiger partial charge in [-0.3, -0.25) is 14.5 Å². The molecule has 0 aliphatic rings. The molecule has 0 heterocycles. The Kier molecular flexibility index (Phi) is 6.31. The quantitative estimate of drug-likeness (QED) is 0.658. The molecule has 0 aliphatic heterocycles. The number of primary amides is 1. The van der Waals surface area contributed by atoms with Crippen LogP contribution in [0.3, 0.4) is 0 Å². The van der Waals surface area contributed by atoms with Gasteiger partial charge in [0.1, 0.15) is 6.61 Å². The van der Waals surface area contributed by atoms with Crippen molar-refractivity contribution in [1.82, 2.24) is 4.90 Å². The fourth-order valence-corrected chi connectivity index (χ4v) is 1.65. The summed E-state index contributed by atoms with van der Waals surface area (Å²) in [5, 5.41) is 8.74. The molecule has 0 saturated carbocycles. The molecule has 0 spiro atoms. The monoisotopic (exact) mass is 282 g/mol. The third-order valence-electron chi connectivity index (χ3n) is 2.47. The lowest BCUT2D eigenvalue weighted by Crippen LogP contribution is -2.39. The predicted molar refractivity (Wildman–Crippen MR) is 71.8 cm³/mol. The van der Waals surface area contributed by atoms with Crippen LogP contribution >= 0.6 is 0 Å². The van der Waals surface area contributed by atoms with Gasteiger partial charge in [0.15, 0.2) is 11.5 Å². The lowest BCUT2D eigenvalue weighted by Gasteiger charge is -2.19. The van der Waals surface area contributed by atoms with E-state index in [1.807, 2.05) is 6.07 Å². The number of carbonyl (C=O) groups is 2. The van der Waals surface area contributed by atoms with Gasteiger partial charge in [-0.2, -0.15) is 0 Å². The molecule has 0 aromatic heterocycles. The van der Waals surface area contributed by atoms with Crippen LogP contribution in [-0.2, 0) is 9.59 Å². The van der Waals surface area contributed by atoms with Crippen molar-refractivity contribution in [3.63, 3.8) is 0 Å². The number of rotatable bonds is 9. The number of methoxy groups -OCH3 is 1. The first-order valence-corrected chi connectivity index (χ1v) is 6.01. The van der Waals surface area contributed by atoms with Gasteiger partial charge in [0.05, 0.1) is 20.2 Å². The van der Waals surface area contributed by atoms with Gasteiger partial charge in [0.25, 0.3) is 0 Å². The van der Waals surface area contributed by atoms with E-state index in [0.29, 0.717) is 11.5 Å². The van der Waals surface area contributed by atoms with Crippen molar-refractivity contribution < 1.29 is 24.2 Å². The smallest absolute Gasteiger partial charge is 0.317 e. The summed E-state index contributed by atoms with van der Waals surface area (Å²) < 4.78 is 10.6. The molecule has 3 N–H and O–H groups in total. The molecule has 110 valence electrons. The van der Waals surface area contributed by atoms with Crippen molar-refractivity contribution in [2.45, 2.75) is 0 Å². The molecule has 0 atom stereocenters. The molecule has 0 bridgehead atoms. The highest BCUT2D eigenvalue weighted by molar-refractivity contribution is 5.77. The Hall–Kier alpha value is -2.28. The number of nitrogens with zero attached hydrogens (tertiary/aromatic N) is 1. The lowest BCUT2D eigenvalue weighted by molar-refractivity contribution is -0.138. The first kappa shape index (κ1) is 15.8. The Morgan fingerprint density at radius 1 is 1.25 bits per heavy atom. The first-order valence-electron chi connectivity index (χ1n) is 6.01.